The monoisotopic (exact) mass is 460 g/mol. The smallest absolute Gasteiger partial charge is 0.265 e. The normalized spacial score (nSPS) is 22.7. The van der Waals surface area contributed by atoms with Gasteiger partial charge in [-0.25, -0.2) is 29.0 Å². The van der Waals surface area contributed by atoms with Crippen molar-refractivity contribution in [2.24, 2.45) is 16.3 Å². The molecular formula is C17H21ClN4O3S3. The van der Waals surface area contributed by atoms with Gasteiger partial charge in [0.15, 0.2) is 0 Å². The third kappa shape index (κ3) is 3.93. The number of halogens is 1. The number of carbonyl (C=O) groups excluding carboxylic acids is 1. The van der Waals surface area contributed by atoms with Crippen molar-refractivity contribution in [2.75, 3.05) is 0 Å². The maximum atomic E-state index is 12.9. The van der Waals surface area contributed by atoms with E-state index in [-0.39, 0.29) is 21.2 Å². The summed E-state index contributed by atoms with van der Waals surface area (Å²) in [6.45, 7) is 7.81. The lowest BCUT2D eigenvalue weighted by atomic mass is 9.94. The predicted molar refractivity (Wildman–Crippen MR) is 115 cm³/mol. The van der Waals surface area contributed by atoms with Crippen LogP contribution in [0, 0.1) is 12.3 Å². The molecule has 2 aliphatic heterocycles. The van der Waals surface area contributed by atoms with E-state index in [0.717, 1.165) is 9.91 Å². The van der Waals surface area contributed by atoms with Gasteiger partial charge in [0.1, 0.15) is 10.1 Å². The zero-order valence-corrected chi connectivity index (χ0v) is 19.0. The van der Waals surface area contributed by atoms with Crippen LogP contribution in [0.1, 0.15) is 26.3 Å². The number of nitrogens with zero attached hydrogens (tertiary/aromatic N) is 2. The van der Waals surface area contributed by atoms with E-state index in [9.17, 15) is 13.2 Å². The molecule has 2 unspecified atom stereocenters. The number of thioether (sulfide) groups is 1. The summed E-state index contributed by atoms with van der Waals surface area (Å²) in [5.74, 6) is 5.23. The minimum atomic E-state index is -4.07. The third-order valence-electron chi connectivity index (χ3n) is 4.36. The first-order chi connectivity index (χ1) is 12.8. The second kappa shape index (κ2) is 7.24. The van der Waals surface area contributed by atoms with Crippen LogP contribution in [0.15, 0.2) is 37.9 Å². The molecule has 1 aromatic rings. The Morgan fingerprint density at radius 3 is 2.61 bits per heavy atom. The molecule has 0 saturated heterocycles. The van der Waals surface area contributed by atoms with Crippen molar-refractivity contribution in [3.8, 4) is 0 Å². The van der Waals surface area contributed by atoms with Crippen LogP contribution in [0.5, 0.6) is 0 Å². The zero-order chi connectivity index (χ0) is 21.0. The lowest BCUT2D eigenvalue weighted by Gasteiger charge is -2.29. The second-order valence-electron chi connectivity index (χ2n) is 7.65. The summed E-state index contributed by atoms with van der Waals surface area (Å²) in [5.41, 5.74) is 0.440. The molecule has 0 spiro atoms. The van der Waals surface area contributed by atoms with Gasteiger partial charge >= 0.3 is 0 Å². The molecule has 0 radical (unpaired) electrons. The van der Waals surface area contributed by atoms with E-state index in [0.29, 0.717) is 10.6 Å². The summed E-state index contributed by atoms with van der Waals surface area (Å²) in [7, 11) is -4.07. The Kier molecular flexibility index (Phi) is 5.56. The van der Waals surface area contributed by atoms with Gasteiger partial charge in [-0.3, -0.25) is 4.79 Å². The number of fused-ring (bicyclic) bond motifs is 1. The molecule has 2 heterocycles. The molecule has 2 atom stereocenters. The van der Waals surface area contributed by atoms with Gasteiger partial charge in [0.05, 0.1) is 6.04 Å². The van der Waals surface area contributed by atoms with Gasteiger partial charge in [-0.05, 0) is 41.0 Å². The summed E-state index contributed by atoms with van der Waals surface area (Å²) in [5, 5.41) is 0.664. The molecule has 11 heteroatoms. The first kappa shape index (κ1) is 21.5. The number of nitrogens with two attached hydrogens (primary N) is 1. The lowest BCUT2D eigenvalue weighted by Crippen LogP contribution is -2.58. The summed E-state index contributed by atoms with van der Waals surface area (Å²) in [6.07, 6.45) is 1.89. The number of aryl methyl sites for hydroxylation is 1. The van der Waals surface area contributed by atoms with Gasteiger partial charge in [-0.15, -0.1) is 24.4 Å². The lowest BCUT2D eigenvalue weighted by molar-refractivity contribution is -0.127. The predicted octanol–water partition coefficient (Wildman–Crippen LogP) is 2.70. The summed E-state index contributed by atoms with van der Waals surface area (Å²) < 4.78 is 28.0. The Bertz CT molecular complexity index is 1020. The Balaban J connectivity index is 1.96. The Morgan fingerprint density at radius 1 is 1.36 bits per heavy atom. The highest BCUT2D eigenvalue weighted by Crippen LogP contribution is 2.45. The summed E-state index contributed by atoms with van der Waals surface area (Å²) in [6, 6.07) is 2.38. The molecule has 1 amide bonds. The highest BCUT2D eigenvalue weighted by molar-refractivity contribution is 8.04. The van der Waals surface area contributed by atoms with E-state index < -0.39 is 27.2 Å². The number of amides is 1. The van der Waals surface area contributed by atoms with Crippen LogP contribution in [-0.2, 0) is 14.8 Å². The van der Waals surface area contributed by atoms with Crippen LogP contribution in [-0.4, -0.2) is 36.6 Å². The van der Waals surface area contributed by atoms with Crippen LogP contribution in [0.2, 0.25) is 5.02 Å². The number of nitrogens with one attached hydrogen (secondary N) is 1. The third-order valence-corrected chi connectivity index (χ3v) is 8.39. The van der Waals surface area contributed by atoms with Crippen molar-refractivity contribution in [3.63, 3.8) is 0 Å². The minimum Gasteiger partial charge on any atom is -0.272 e. The average Bonchev–Trinajstić information content (AvgIpc) is 3.00. The van der Waals surface area contributed by atoms with Crippen molar-refractivity contribution in [3.05, 3.63) is 33.7 Å². The van der Waals surface area contributed by atoms with Crippen LogP contribution in [0.25, 0.3) is 0 Å². The molecular weight excluding hydrogens is 440 g/mol. The number of rotatable bonds is 2. The fraction of sp³-hybridized carbons (Fsp3) is 0.412. The maximum Gasteiger partial charge on any atom is 0.265 e. The molecule has 0 saturated carbocycles. The van der Waals surface area contributed by atoms with Crippen molar-refractivity contribution in [1.29, 1.82) is 0 Å². The van der Waals surface area contributed by atoms with E-state index >= 15 is 0 Å². The van der Waals surface area contributed by atoms with E-state index in [1.54, 1.807) is 6.92 Å². The number of hydrazine groups is 1. The fourth-order valence-electron chi connectivity index (χ4n) is 2.77. The molecule has 3 rings (SSSR count). The van der Waals surface area contributed by atoms with Crippen molar-refractivity contribution in [1.82, 2.24) is 9.73 Å². The SMILES string of the molecule is Cc1cc(S(=O)(=O)NC2=NC3C=C(C(C)(C)C)SC3C(=O)N2N)c(S)cc1Cl. The zero-order valence-electron chi connectivity index (χ0n) is 15.7. The van der Waals surface area contributed by atoms with Crippen LogP contribution < -0.4 is 10.6 Å². The molecule has 1 aromatic carbocycles. The van der Waals surface area contributed by atoms with Crippen molar-refractivity contribution in [2.45, 2.75) is 48.8 Å². The molecule has 3 N–H and O–H groups in total. The van der Waals surface area contributed by atoms with Gasteiger partial charge in [0.25, 0.3) is 15.9 Å². The number of aliphatic imine (C=N–C) groups is 1. The fourth-order valence-corrected chi connectivity index (χ4v) is 6.07. The number of carbonyl (C=O) groups is 1. The molecule has 0 fully saturated rings. The molecule has 0 bridgehead atoms. The Morgan fingerprint density at radius 2 is 2.00 bits per heavy atom. The van der Waals surface area contributed by atoms with Crippen LogP contribution in [0.4, 0.5) is 0 Å². The number of allylic oxidation sites excluding steroid dienone is 1. The number of sulfonamides is 1. The highest BCUT2D eigenvalue weighted by atomic mass is 35.5. The first-order valence-electron chi connectivity index (χ1n) is 8.38. The maximum absolute atomic E-state index is 12.9. The summed E-state index contributed by atoms with van der Waals surface area (Å²) >= 11 is 11.6. The number of guanidine groups is 1. The second-order valence-corrected chi connectivity index (χ2v) is 11.4. The largest absolute Gasteiger partial charge is 0.272 e. The van der Waals surface area contributed by atoms with Crippen LogP contribution >= 0.6 is 36.0 Å². The molecule has 7 nitrogen and oxygen atoms in total. The van der Waals surface area contributed by atoms with Gasteiger partial charge in [0.2, 0.25) is 5.96 Å². The van der Waals surface area contributed by atoms with Crippen molar-refractivity contribution >= 4 is 57.9 Å². The average molecular weight is 461 g/mol. The Hall–Kier alpha value is -1.20. The quantitative estimate of drug-likeness (QED) is 0.357. The first-order valence-corrected chi connectivity index (χ1v) is 11.6. The van der Waals surface area contributed by atoms with Gasteiger partial charge in [0, 0.05) is 9.92 Å². The van der Waals surface area contributed by atoms with E-state index in [2.05, 4.69) is 22.3 Å². The molecule has 0 aliphatic carbocycles. The summed E-state index contributed by atoms with van der Waals surface area (Å²) in [4.78, 5) is 18.2. The Labute approximate surface area is 179 Å². The van der Waals surface area contributed by atoms with Crippen LogP contribution in [0.3, 0.4) is 0 Å². The highest BCUT2D eigenvalue weighted by Gasteiger charge is 2.44. The number of benzene rings is 1. The van der Waals surface area contributed by atoms with Gasteiger partial charge in [-0.1, -0.05) is 32.4 Å². The number of thiol groups is 1. The van der Waals surface area contributed by atoms with Gasteiger partial charge < -0.3 is 0 Å². The molecule has 0 aromatic heterocycles. The number of hydrogen-bond donors (Lipinski definition) is 3. The minimum absolute atomic E-state index is 0.0740. The standard InChI is InChI=1S/C17H21ClN4O3S3/c1-8-5-12(11(26)6-9(8)18)28(24,25)21-16-20-10-7-13(17(2,3)4)27-14(10)15(23)22(16)19/h5-7,10,14,26H,19H2,1-4H3,(H,20,21). The van der Waals surface area contributed by atoms with Gasteiger partial charge in [-0.2, -0.15) is 0 Å². The van der Waals surface area contributed by atoms with Crippen molar-refractivity contribution < 1.29 is 13.2 Å². The molecule has 152 valence electrons. The molecule has 28 heavy (non-hydrogen) atoms. The van der Waals surface area contributed by atoms with E-state index in [1.165, 1.54) is 23.9 Å². The molecule has 2 aliphatic rings. The van der Waals surface area contributed by atoms with E-state index in [4.69, 9.17) is 17.4 Å². The van der Waals surface area contributed by atoms with E-state index in [1.807, 2.05) is 26.8 Å². The number of hydrogen-bond acceptors (Lipinski definition) is 7. The topological polar surface area (TPSA) is 105 Å².